The van der Waals surface area contributed by atoms with Gasteiger partial charge in [0.15, 0.2) is 0 Å². The molecular formula is C21H13ClN2O3. The van der Waals surface area contributed by atoms with Crippen LogP contribution in [0.4, 0.5) is 0 Å². The molecule has 0 amide bonds. The van der Waals surface area contributed by atoms with Crippen LogP contribution in [-0.2, 0) is 0 Å². The van der Waals surface area contributed by atoms with E-state index in [1.165, 1.54) is 6.07 Å². The number of fused-ring (bicyclic) bond motifs is 1. The largest absolute Gasteiger partial charge is 0.478 e. The van der Waals surface area contributed by atoms with Crippen LogP contribution in [-0.4, -0.2) is 21.0 Å². The number of hydrogen-bond acceptors (Lipinski definition) is 3. The summed E-state index contributed by atoms with van der Waals surface area (Å²) in [5, 5.41) is 10.0. The van der Waals surface area contributed by atoms with Gasteiger partial charge in [-0.25, -0.2) is 9.78 Å². The molecule has 6 heteroatoms. The highest BCUT2D eigenvalue weighted by Crippen LogP contribution is 2.32. The van der Waals surface area contributed by atoms with Crippen molar-refractivity contribution >= 4 is 28.5 Å². The Morgan fingerprint density at radius 3 is 2.44 bits per heavy atom. The van der Waals surface area contributed by atoms with Crippen LogP contribution >= 0.6 is 11.6 Å². The van der Waals surface area contributed by atoms with Crippen molar-refractivity contribution in [3.05, 3.63) is 87.7 Å². The molecule has 0 saturated heterocycles. The molecule has 0 bridgehead atoms. The van der Waals surface area contributed by atoms with Gasteiger partial charge in [0.1, 0.15) is 5.82 Å². The van der Waals surface area contributed by atoms with Crippen LogP contribution in [0.1, 0.15) is 10.4 Å². The molecule has 0 radical (unpaired) electrons. The van der Waals surface area contributed by atoms with Gasteiger partial charge < -0.3 is 10.1 Å². The van der Waals surface area contributed by atoms with Gasteiger partial charge in [0.2, 0.25) is 0 Å². The molecule has 2 N–H and O–H groups in total. The first-order valence-electron chi connectivity index (χ1n) is 8.16. The molecule has 1 heterocycles. The monoisotopic (exact) mass is 376 g/mol. The first kappa shape index (κ1) is 17.0. The zero-order valence-electron chi connectivity index (χ0n) is 13.9. The molecule has 0 aliphatic carbocycles. The summed E-state index contributed by atoms with van der Waals surface area (Å²) in [6.07, 6.45) is 0. The summed E-state index contributed by atoms with van der Waals surface area (Å²) in [5.74, 6) is -0.683. The lowest BCUT2D eigenvalue weighted by Crippen LogP contribution is -2.09. The fourth-order valence-corrected chi connectivity index (χ4v) is 3.21. The minimum atomic E-state index is -1.10. The highest BCUT2D eigenvalue weighted by atomic mass is 35.5. The first-order chi connectivity index (χ1) is 13.0. The summed E-state index contributed by atoms with van der Waals surface area (Å²) in [5.41, 5.74) is 2.49. The van der Waals surface area contributed by atoms with E-state index in [1.807, 2.05) is 30.3 Å². The molecule has 0 atom stereocenters. The van der Waals surface area contributed by atoms with Gasteiger partial charge in [-0.1, -0.05) is 54.1 Å². The molecule has 0 aliphatic rings. The minimum absolute atomic E-state index is 0.0175. The van der Waals surface area contributed by atoms with Crippen LogP contribution in [0.3, 0.4) is 0 Å². The number of halogens is 1. The van der Waals surface area contributed by atoms with Crippen molar-refractivity contribution in [2.24, 2.45) is 0 Å². The summed E-state index contributed by atoms with van der Waals surface area (Å²) in [7, 11) is 0. The van der Waals surface area contributed by atoms with E-state index in [9.17, 15) is 14.7 Å². The lowest BCUT2D eigenvalue weighted by molar-refractivity contribution is 0.0697. The lowest BCUT2D eigenvalue weighted by atomic mass is 9.97. The highest BCUT2D eigenvalue weighted by molar-refractivity contribution is 6.33. The Bertz CT molecular complexity index is 1250. The Kier molecular flexibility index (Phi) is 4.22. The first-order valence-corrected chi connectivity index (χ1v) is 8.54. The number of para-hydroxylation sites is 1. The van der Waals surface area contributed by atoms with E-state index in [4.69, 9.17) is 11.6 Å². The van der Waals surface area contributed by atoms with Gasteiger partial charge >= 0.3 is 5.97 Å². The van der Waals surface area contributed by atoms with Gasteiger partial charge in [-0.2, -0.15) is 0 Å². The molecule has 0 saturated carbocycles. The Morgan fingerprint density at radius 1 is 0.963 bits per heavy atom. The average Bonchev–Trinajstić information content (AvgIpc) is 2.68. The number of carboxylic acid groups (broad SMARTS) is 1. The second kappa shape index (κ2) is 6.70. The zero-order valence-corrected chi connectivity index (χ0v) is 14.7. The van der Waals surface area contributed by atoms with Crippen molar-refractivity contribution in [3.63, 3.8) is 0 Å². The number of aromatic amines is 1. The minimum Gasteiger partial charge on any atom is -0.478 e. The van der Waals surface area contributed by atoms with Crippen molar-refractivity contribution in [1.29, 1.82) is 0 Å². The third-order valence-corrected chi connectivity index (χ3v) is 4.63. The maximum atomic E-state index is 12.4. The normalized spacial score (nSPS) is 10.9. The SMILES string of the molecule is O=C(O)c1cc(-c2ccccc2-c2nc3ccccc3c(=O)[nH]2)ccc1Cl. The molecule has 0 fully saturated rings. The van der Waals surface area contributed by atoms with Gasteiger partial charge in [0, 0.05) is 5.56 Å². The quantitative estimate of drug-likeness (QED) is 0.547. The molecule has 5 nitrogen and oxygen atoms in total. The van der Waals surface area contributed by atoms with Gasteiger partial charge in [0.25, 0.3) is 5.56 Å². The number of hydrogen-bond donors (Lipinski definition) is 2. The van der Waals surface area contributed by atoms with Crippen molar-refractivity contribution < 1.29 is 9.90 Å². The van der Waals surface area contributed by atoms with Crippen molar-refractivity contribution in [1.82, 2.24) is 9.97 Å². The maximum absolute atomic E-state index is 12.4. The summed E-state index contributed by atoms with van der Waals surface area (Å²) in [6, 6.07) is 19.3. The fraction of sp³-hybridized carbons (Fsp3) is 0. The second-order valence-electron chi connectivity index (χ2n) is 5.98. The van der Waals surface area contributed by atoms with Crippen molar-refractivity contribution in [3.8, 4) is 22.5 Å². The summed E-state index contributed by atoms with van der Waals surface area (Å²) < 4.78 is 0. The average molecular weight is 377 g/mol. The Morgan fingerprint density at radius 2 is 1.67 bits per heavy atom. The summed E-state index contributed by atoms with van der Waals surface area (Å²) >= 11 is 5.98. The molecule has 1 aromatic heterocycles. The van der Waals surface area contributed by atoms with Crippen LogP contribution in [0, 0.1) is 0 Å². The number of H-pyrrole nitrogens is 1. The smallest absolute Gasteiger partial charge is 0.337 e. The predicted molar refractivity (Wildman–Crippen MR) is 105 cm³/mol. The summed E-state index contributed by atoms with van der Waals surface area (Å²) in [6.45, 7) is 0. The van der Waals surface area contributed by atoms with Crippen LogP contribution in [0.25, 0.3) is 33.4 Å². The van der Waals surface area contributed by atoms with Gasteiger partial charge in [-0.05, 0) is 35.4 Å². The Labute approximate surface area is 158 Å². The number of benzene rings is 3. The van der Waals surface area contributed by atoms with Crippen LogP contribution in [0.2, 0.25) is 5.02 Å². The van der Waals surface area contributed by atoms with E-state index in [1.54, 1.807) is 30.3 Å². The van der Waals surface area contributed by atoms with E-state index in [0.717, 1.165) is 5.56 Å². The van der Waals surface area contributed by atoms with Crippen LogP contribution in [0.15, 0.2) is 71.5 Å². The van der Waals surface area contributed by atoms with E-state index in [2.05, 4.69) is 9.97 Å². The number of carbonyl (C=O) groups is 1. The molecule has 132 valence electrons. The number of nitrogens with one attached hydrogen (secondary N) is 1. The van der Waals surface area contributed by atoms with E-state index in [0.29, 0.717) is 27.9 Å². The lowest BCUT2D eigenvalue weighted by Gasteiger charge is -2.11. The topological polar surface area (TPSA) is 83.0 Å². The number of carboxylic acids is 1. The number of aromatic nitrogens is 2. The van der Waals surface area contributed by atoms with E-state index < -0.39 is 5.97 Å². The zero-order chi connectivity index (χ0) is 19.0. The van der Waals surface area contributed by atoms with E-state index >= 15 is 0 Å². The molecule has 4 aromatic rings. The van der Waals surface area contributed by atoms with Gasteiger partial charge in [0.05, 0.1) is 21.5 Å². The number of aromatic carboxylic acids is 1. The number of nitrogens with zero attached hydrogens (tertiary/aromatic N) is 1. The molecule has 0 unspecified atom stereocenters. The molecule has 3 aromatic carbocycles. The molecular weight excluding hydrogens is 364 g/mol. The predicted octanol–water partition coefficient (Wildman–Crippen LogP) is 4.61. The number of rotatable bonds is 3. The molecule has 27 heavy (non-hydrogen) atoms. The van der Waals surface area contributed by atoms with Crippen LogP contribution < -0.4 is 5.56 Å². The second-order valence-corrected chi connectivity index (χ2v) is 6.38. The fourth-order valence-electron chi connectivity index (χ4n) is 3.01. The Hall–Kier alpha value is -3.44. The van der Waals surface area contributed by atoms with Gasteiger partial charge in [-0.3, -0.25) is 4.79 Å². The molecule has 4 rings (SSSR count). The maximum Gasteiger partial charge on any atom is 0.337 e. The van der Waals surface area contributed by atoms with Crippen molar-refractivity contribution in [2.75, 3.05) is 0 Å². The molecule has 0 spiro atoms. The van der Waals surface area contributed by atoms with Gasteiger partial charge in [-0.15, -0.1) is 0 Å². The van der Waals surface area contributed by atoms with Crippen LogP contribution in [0.5, 0.6) is 0 Å². The summed E-state index contributed by atoms with van der Waals surface area (Å²) in [4.78, 5) is 31.2. The van der Waals surface area contributed by atoms with E-state index in [-0.39, 0.29) is 16.1 Å². The third kappa shape index (κ3) is 3.09. The third-order valence-electron chi connectivity index (χ3n) is 4.30. The molecule has 0 aliphatic heterocycles. The van der Waals surface area contributed by atoms with Crippen molar-refractivity contribution in [2.45, 2.75) is 0 Å². The standard InChI is InChI=1S/C21H13ClN2O3/c22-17-10-9-12(11-16(17)21(26)27)13-5-1-2-6-14(13)19-23-18-8-4-3-7-15(18)20(25)24-19/h1-11H,(H,26,27)(H,23,24,25). The highest BCUT2D eigenvalue weighted by Gasteiger charge is 2.14. The Balaban J connectivity index is 1.94.